The van der Waals surface area contributed by atoms with Gasteiger partial charge in [-0.1, -0.05) is 0 Å². The van der Waals surface area contributed by atoms with Crippen molar-refractivity contribution < 1.29 is 38.1 Å². The minimum Gasteiger partial charge on any atom is -0.489 e. The smallest absolute Gasteiger partial charge is 0.356 e. The molecule has 182 valence electrons. The van der Waals surface area contributed by atoms with E-state index in [9.17, 15) is 14.4 Å². The molecular weight excluding hydrogens is 444 g/mol. The minimum absolute atomic E-state index is 0.0705. The minimum atomic E-state index is -0.700. The number of benzene rings is 1. The number of fused-ring (bicyclic) bond motifs is 3. The van der Waals surface area contributed by atoms with E-state index in [0.717, 1.165) is 0 Å². The number of esters is 3. The van der Waals surface area contributed by atoms with Crippen molar-refractivity contribution in [3.63, 3.8) is 0 Å². The highest BCUT2D eigenvalue weighted by Gasteiger charge is 2.28. The van der Waals surface area contributed by atoms with E-state index in [4.69, 9.17) is 23.7 Å². The van der Waals surface area contributed by atoms with Crippen molar-refractivity contribution in [1.82, 2.24) is 9.97 Å². The molecule has 0 bridgehead atoms. The Balaban J connectivity index is 2.51. The Hall–Kier alpha value is -3.82. The monoisotopic (exact) mass is 472 g/mol. The molecule has 0 saturated heterocycles. The lowest BCUT2D eigenvalue weighted by Crippen LogP contribution is -2.13. The van der Waals surface area contributed by atoms with Gasteiger partial charge in [-0.15, -0.1) is 0 Å². The predicted octanol–water partition coefficient (Wildman–Crippen LogP) is 4.04. The Morgan fingerprint density at radius 3 is 1.97 bits per heavy atom. The maximum atomic E-state index is 13.0. The molecule has 1 N–H and O–H groups in total. The molecule has 1 aromatic carbocycles. The first-order valence-corrected chi connectivity index (χ1v) is 11.2. The Kier molecular flexibility index (Phi) is 7.93. The first-order chi connectivity index (χ1) is 16.4. The summed E-state index contributed by atoms with van der Waals surface area (Å²) in [6.07, 6.45) is 0. The molecule has 0 aliphatic rings. The topological polar surface area (TPSA) is 126 Å². The van der Waals surface area contributed by atoms with Crippen LogP contribution in [0, 0.1) is 0 Å². The van der Waals surface area contributed by atoms with Crippen LogP contribution in [0.25, 0.3) is 21.8 Å². The molecule has 34 heavy (non-hydrogen) atoms. The Labute approximate surface area is 196 Å². The van der Waals surface area contributed by atoms with Gasteiger partial charge in [-0.05, 0) is 46.8 Å². The number of hydrogen-bond donors (Lipinski definition) is 1. The van der Waals surface area contributed by atoms with E-state index in [1.165, 1.54) is 6.07 Å². The lowest BCUT2D eigenvalue weighted by molar-refractivity contribution is 0.0508. The zero-order valence-corrected chi connectivity index (χ0v) is 19.9. The van der Waals surface area contributed by atoms with Crippen LogP contribution >= 0.6 is 0 Å². The molecule has 3 aromatic rings. The molecule has 0 fully saturated rings. The number of carbonyl (C=O) groups is 3. The molecule has 0 atom stereocenters. The van der Waals surface area contributed by atoms with E-state index in [2.05, 4.69) is 9.97 Å². The average molecular weight is 472 g/mol. The maximum Gasteiger partial charge on any atom is 0.356 e. The van der Waals surface area contributed by atoms with Crippen LogP contribution in [0.3, 0.4) is 0 Å². The highest BCUT2D eigenvalue weighted by atomic mass is 16.5. The molecule has 10 heteroatoms. The van der Waals surface area contributed by atoms with E-state index in [1.807, 2.05) is 0 Å². The van der Waals surface area contributed by atoms with Gasteiger partial charge in [0.25, 0.3) is 0 Å². The van der Waals surface area contributed by atoms with Gasteiger partial charge >= 0.3 is 17.9 Å². The van der Waals surface area contributed by atoms with Gasteiger partial charge in [0.05, 0.1) is 44.1 Å². The summed E-state index contributed by atoms with van der Waals surface area (Å²) < 4.78 is 27.3. The van der Waals surface area contributed by atoms with E-state index in [-0.39, 0.29) is 54.6 Å². The van der Waals surface area contributed by atoms with Gasteiger partial charge in [0.2, 0.25) is 0 Å². The van der Waals surface area contributed by atoms with Crippen molar-refractivity contribution in [2.75, 3.05) is 33.0 Å². The SMILES string of the molecule is CCOC(=O)c1cc(C(=O)OCC)c2c(n1)c(OCC)c(OCC)c1cc(C(=O)OCC)[nH]c12. The fourth-order valence-electron chi connectivity index (χ4n) is 3.59. The van der Waals surface area contributed by atoms with Crippen LogP contribution in [-0.2, 0) is 14.2 Å². The Bertz CT molecular complexity index is 1230. The van der Waals surface area contributed by atoms with Crippen LogP contribution in [0.2, 0.25) is 0 Å². The molecule has 0 radical (unpaired) electrons. The number of H-pyrrole nitrogens is 1. The first-order valence-electron chi connectivity index (χ1n) is 11.2. The second-order valence-electron chi connectivity index (χ2n) is 6.94. The summed E-state index contributed by atoms with van der Waals surface area (Å²) in [5.74, 6) is -1.38. The molecule has 0 amide bonds. The number of nitrogens with one attached hydrogen (secondary N) is 1. The number of aromatic amines is 1. The van der Waals surface area contributed by atoms with Gasteiger partial charge in [0, 0.05) is 10.8 Å². The third kappa shape index (κ3) is 4.61. The summed E-state index contributed by atoms with van der Waals surface area (Å²) in [6, 6.07) is 2.90. The number of nitrogens with zero attached hydrogens (tertiary/aromatic N) is 1. The molecule has 0 aliphatic heterocycles. The maximum absolute atomic E-state index is 13.0. The van der Waals surface area contributed by atoms with Crippen molar-refractivity contribution in [3.8, 4) is 11.5 Å². The molecule has 0 unspecified atom stereocenters. The Morgan fingerprint density at radius 1 is 0.765 bits per heavy atom. The van der Waals surface area contributed by atoms with Crippen LogP contribution in [0.4, 0.5) is 0 Å². The van der Waals surface area contributed by atoms with E-state index in [1.54, 1.807) is 40.7 Å². The Morgan fingerprint density at radius 2 is 1.35 bits per heavy atom. The lowest BCUT2D eigenvalue weighted by Gasteiger charge is -2.17. The lowest BCUT2D eigenvalue weighted by atomic mass is 10.0. The second-order valence-corrected chi connectivity index (χ2v) is 6.94. The van der Waals surface area contributed by atoms with Crippen molar-refractivity contribution in [1.29, 1.82) is 0 Å². The fraction of sp³-hybridized carbons (Fsp3) is 0.417. The van der Waals surface area contributed by atoms with E-state index < -0.39 is 17.9 Å². The quantitative estimate of drug-likeness (QED) is 0.343. The van der Waals surface area contributed by atoms with E-state index >= 15 is 0 Å². The summed E-state index contributed by atoms with van der Waals surface area (Å²) in [6.45, 7) is 9.64. The molecule has 0 aliphatic carbocycles. The zero-order valence-electron chi connectivity index (χ0n) is 19.9. The van der Waals surface area contributed by atoms with Gasteiger partial charge < -0.3 is 28.7 Å². The number of ether oxygens (including phenoxy) is 5. The summed E-state index contributed by atoms with van der Waals surface area (Å²) >= 11 is 0. The largest absolute Gasteiger partial charge is 0.489 e. The van der Waals surface area contributed by atoms with Gasteiger partial charge in [-0.25, -0.2) is 19.4 Å². The predicted molar refractivity (Wildman–Crippen MR) is 124 cm³/mol. The van der Waals surface area contributed by atoms with Gasteiger partial charge in [0.15, 0.2) is 11.5 Å². The highest BCUT2D eigenvalue weighted by Crippen LogP contribution is 2.44. The van der Waals surface area contributed by atoms with E-state index in [0.29, 0.717) is 28.6 Å². The number of carbonyl (C=O) groups excluding carboxylic acids is 3. The summed E-state index contributed by atoms with van der Waals surface area (Å²) in [4.78, 5) is 45.5. The molecule has 10 nitrogen and oxygen atoms in total. The molecular formula is C24H28N2O8. The summed E-state index contributed by atoms with van der Waals surface area (Å²) in [5, 5.41) is 0.820. The number of hydrogen-bond acceptors (Lipinski definition) is 9. The van der Waals surface area contributed by atoms with Gasteiger partial charge in [0.1, 0.15) is 16.9 Å². The van der Waals surface area contributed by atoms with Gasteiger partial charge in [-0.3, -0.25) is 0 Å². The second kappa shape index (κ2) is 10.9. The van der Waals surface area contributed by atoms with Crippen LogP contribution in [0.1, 0.15) is 66.0 Å². The zero-order chi connectivity index (χ0) is 24.8. The highest BCUT2D eigenvalue weighted by molar-refractivity contribution is 6.20. The number of pyridine rings is 1. The first kappa shape index (κ1) is 24.8. The molecule has 0 spiro atoms. The van der Waals surface area contributed by atoms with Crippen molar-refractivity contribution >= 4 is 39.7 Å². The van der Waals surface area contributed by atoms with Crippen molar-refractivity contribution in [3.05, 3.63) is 29.1 Å². The average Bonchev–Trinajstić information content (AvgIpc) is 3.26. The molecule has 0 saturated carbocycles. The summed E-state index contributed by atoms with van der Waals surface area (Å²) in [7, 11) is 0. The van der Waals surface area contributed by atoms with Crippen molar-refractivity contribution in [2.24, 2.45) is 0 Å². The normalized spacial score (nSPS) is 10.9. The molecule has 3 rings (SSSR count). The third-order valence-corrected chi connectivity index (χ3v) is 4.81. The van der Waals surface area contributed by atoms with Crippen LogP contribution in [-0.4, -0.2) is 60.9 Å². The standard InChI is InChI=1S/C24H28N2O8/c1-6-30-20-14-12-16(24(29)34-10-5)25-18(14)17-13(22(27)32-8-3)11-15(23(28)33-9-4)26-19(17)21(20)31-7-2/h11-12,25H,6-10H2,1-5H3. The number of aromatic nitrogens is 2. The molecule has 2 aromatic heterocycles. The fourth-order valence-corrected chi connectivity index (χ4v) is 3.59. The van der Waals surface area contributed by atoms with Crippen LogP contribution in [0.15, 0.2) is 12.1 Å². The molecule has 2 heterocycles. The van der Waals surface area contributed by atoms with Crippen molar-refractivity contribution in [2.45, 2.75) is 34.6 Å². The van der Waals surface area contributed by atoms with Crippen LogP contribution < -0.4 is 9.47 Å². The third-order valence-electron chi connectivity index (χ3n) is 4.81. The van der Waals surface area contributed by atoms with Crippen LogP contribution in [0.5, 0.6) is 11.5 Å². The summed E-state index contributed by atoms with van der Waals surface area (Å²) in [5.41, 5.74) is 0.745. The number of rotatable bonds is 10. The van der Waals surface area contributed by atoms with Gasteiger partial charge in [-0.2, -0.15) is 0 Å².